The van der Waals surface area contributed by atoms with Gasteiger partial charge in [0.05, 0.1) is 6.33 Å². The van der Waals surface area contributed by atoms with E-state index in [2.05, 4.69) is 20.3 Å². The third-order valence-electron chi connectivity index (χ3n) is 2.37. The maximum absolute atomic E-state index is 12.5. The van der Waals surface area contributed by atoms with Crippen LogP contribution >= 0.6 is 0 Å². The van der Waals surface area contributed by atoms with Gasteiger partial charge in [-0.1, -0.05) is 0 Å². The lowest BCUT2D eigenvalue weighted by molar-refractivity contribution is -0.141. The molecule has 0 saturated carbocycles. The summed E-state index contributed by atoms with van der Waals surface area (Å²) in [6.07, 6.45) is 1.65. The third-order valence-corrected chi connectivity index (χ3v) is 2.37. The minimum absolute atomic E-state index is 0.0394. The molecular formula is C11H12F3N5. The van der Waals surface area contributed by atoms with E-state index in [1.54, 1.807) is 18.7 Å². The van der Waals surface area contributed by atoms with Gasteiger partial charge in [0, 0.05) is 31.2 Å². The molecule has 0 aliphatic carbocycles. The Hall–Kier alpha value is -2.12. The molecule has 8 heteroatoms. The summed E-state index contributed by atoms with van der Waals surface area (Å²) >= 11 is 0. The Kier molecular flexibility index (Phi) is 3.68. The molecule has 0 spiro atoms. The number of hydrogen-bond acceptors (Lipinski definition) is 4. The normalized spacial score (nSPS) is 13.3. The van der Waals surface area contributed by atoms with Gasteiger partial charge in [0.2, 0.25) is 5.95 Å². The van der Waals surface area contributed by atoms with E-state index in [0.717, 1.165) is 12.3 Å². The molecule has 1 N–H and O–H groups in total. The first-order valence-corrected chi connectivity index (χ1v) is 5.57. The van der Waals surface area contributed by atoms with E-state index < -0.39 is 11.9 Å². The second-order valence-corrected chi connectivity index (χ2v) is 4.07. The van der Waals surface area contributed by atoms with Gasteiger partial charge in [-0.2, -0.15) is 13.2 Å². The van der Waals surface area contributed by atoms with Gasteiger partial charge in [-0.05, 0) is 13.0 Å². The number of nitrogens with zero attached hydrogens (tertiary/aromatic N) is 4. The van der Waals surface area contributed by atoms with Crippen molar-refractivity contribution in [3.63, 3.8) is 0 Å². The molecule has 102 valence electrons. The van der Waals surface area contributed by atoms with Crippen LogP contribution in [0.25, 0.3) is 0 Å². The van der Waals surface area contributed by atoms with E-state index in [1.165, 1.54) is 0 Å². The molecular weight excluding hydrogens is 259 g/mol. The Bertz CT molecular complexity index is 523. The lowest BCUT2D eigenvalue weighted by atomic mass is 10.3. The number of alkyl halides is 3. The van der Waals surface area contributed by atoms with E-state index in [0.29, 0.717) is 6.54 Å². The molecule has 2 heterocycles. The predicted molar refractivity (Wildman–Crippen MR) is 62.3 cm³/mol. The van der Waals surface area contributed by atoms with Crippen molar-refractivity contribution in [1.29, 1.82) is 0 Å². The monoisotopic (exact) mass is 271 g/mol. The van der Waals surface area contributed by atoms with Crippen LogP contribution in [0.15, 0.2) is 31.0 Å². The van der Waals surface area contributed by atoms with Crippen LogP contribution in [0.5, 0.6) is 0 Å². The van der Waals surface area contributed by atoms with Crippen molar-refractivity contribution in [3.05, 3.63) is 36.7 Å². The van der Waals surface area contributed by atoms with Gasteiger partial charge < -0.3 is 9.88 Å². The third kappa shape index (κ3) is 3.67. The number of anilines is 1. The quantitative estimate of drug-likeness (QED) is 0.926. The number of imidazole rings is 1. The number of nitrogens with one attached hydrogen (secondary N) is 1. The average Bonchev–Trinajstić information content (AvgIpc) is 2.80. The summed E-state index contributed by atoms with van der Waals surface area (Å²) in [5, 5.41) is 2.82. The highest BCUT2D eigenvalue weighted by Crippen LogP contribution is 2.27. The summed E-state index contributed by atoms with van der Waals surface area (Å²) in [6.45, 7) is 2.38. The summed E-state index contributed by atoms with van der Waals surface area (Å²) in [5.41, 5.74) is -0.958. The first kappa shape index (κ1) is 13.3. The first-order valence-electron chi connectivity index (χ1n) is 5.57. The molecule has 19 heavy (non-hydrogen) atoms. The Morgan fingerprint density at radius 2 is 2.16 bits per heavy atom. The lowest BCUT2D eigenvalue weighted by Gasteiger charge is -2.15. The van der Waals surface area contributed by atoms with E-state index in [-0.39, 0.29) is 12.0 Å². The molecule has 0 aliphatic heterocycles. The fourth-order valence-electron chi connectivity index (χ4n) is 1.56. The number of aromatic nitrogens is 4. The van der Waals surface area contributed by atoms with Crippen molar-refractivity contribution < 1.29 is 13.2 Å². The summed E-state index contributed by atoms with van der Waals surface area (Å²) in [6, 6.07) is 0.712. The molecule has 0 aromatic carbocycles. The van der Waals surface area contributed by atoms with Crippen LogP contribution < -0.4 is 5.32 Å². The standard InChI is InChI=1S/C11H12F3N5/c1-8(6-19-5-4-15-7-19)17-10-16-3-2-9(18-10)11(12,13)14/h2-5,7-8H,6H2,1H3,(H,16,17,18). The van der Waals surface area contributed by atoms with Crippen LogP contribution in [0.1, 0.15) is 12.6 Å². The topological polar surface area (TPSA) is 55.6 Å². The molecule has 1 atom stereocenters. The maximum atomic E-state index is 12.5. The molecule has 0 radical (unpaired) electrons. The Balaban J connectivity index is 2.03. The number of rotatable bonds is 4. The molecule has 0 bridgehead atoms. The highest BCUT2D eigenvalue weighted by atomic mass is 19.4. The van der Waals surface area contributed by atoms with Crippen LogP contribution in [0, 0.1) is 0 Å². The highest BCUT2D eigenvalue weighted by molar-refractivity contribution is 5.27. The molecule has 5 nitrogen and oxygen atoms in total. The van der Waals surface area contributed by atoms with Crippen molar-refractivity contribution in [1.82, 2.24) is 19.5 Å². The lowest BCUT2D eigenvalue weighted by Crippen LogP contribution is -2.23. The van der Waals surface area contributed by atoms with E-state index >= 15 is 0 Å². The maximum Gasteiger partial charge on any atom is 0.433 e. The van der Waals surface area contributed by atoms with E-state index in [4.69, 9.17) is 0 Å². The van der Waals surface area contributed by atoms with Crippen LogP contribution in [-0.2, 0) is 12.7 Å². The molecule has 0 saturated heterocycles. The van der Waals surface area contributed by atoms with Crippen LogP contribution in [0.2, 0.25) is 0 Å². The van der Waals surface area contributed by atoms with Crippen molar-refractivity contribution >= 4 is 5.95 Å². The van der Waals surface area contributed by atoms with Gasteiger partial charge in [0.15, 0.2) is 0 Å². The smallest absolute Gasteiger partial charge is 0.350 e. The summed E-state index contributed by atoms with van der Waals surface area (Å²) < 4.78 is 39.3. The molecule has 1 unspecified atom stereocenters. The molecule has 2 aromatic heterocycles. The minimum atomic E-state index is -4.47. The summed E-state index contributed by atoms with van der Waals surface area (Å²) in [5.74, 6) is -0.0394. The molecule has 2 rings (SSSR count). The van der Waals surface area contributed by atoms with Crippen LogP contribution in [-0.4, -0.2) is 25.6 Å². The van der Waals surface area contributed by atoms with E-state index in [1.807, 2.05) is 11.5 Å². The summed E-state index contributed by atoms with van der Waals surface area (Å²) in [7, 11) is 0. The SMILES string of the molecule is CC(Cn1ccnc1)Nc1nccc(C(F)(F)F)n1. The van der Waals surface area contributed by atoms with Crippen molar-refractivity contribution in [2.45, 2.75) is 25.7 Å². The Labute approximate surface area is 107 Å². The minimum Gasteiger partial charge on any atom is -0.350 e. The second-order valence-electron chi connectivity index (χ2n) is 4.07. The largest absolute Gasteiger partial charge is 0.433 e. The fourth-order valence-corrected chi connectivity index (χ4v) is 1.56. The van der Waals surface area contributed by atoms with Gasteiger partial charge in [-0.25, -0.2) is 15.0 Å². The van der Waals surface area contributed by atoms with Gasteiger partial charge in [-0.3, -0.25) is 0 Å². The first-order chi connectivity index (χ1) is 8.95. The zero-order valence-corrected chi connectivity index (χ0v) is 10.1. The number of hydrogen-bond donors (Lipinski definition) is 1. The Morgan fingerprint density at radius 3 is 2.79 bits per heavy atom. The zero-order valence-electron chi connectivity index (χ0n) is 10.1. The van der Waals surface area contributed by atoms with Gasteiger partial charge in [-0.15, -0.1) is 0 Å². The molecule has 0 amide bonds. The van der Waals surface area contributed by atoms with Gasteiger partial charge >= 0.3 is 6.18 Å². The average molecular weight is 271 g/mol. The second kappa shape index (κ2) is 5.25. The molecule has 2 aromatic rings. The fraction of sp³-hybridized carbons (Fsp3) is 0.364. The van der Waals surface area contributed by atoms with Gasteiger partial charge in [0.1, 0.15) is 5.69 Å². The van der Waals surface area contributed by atoms with Gasteiger partial charge in [0.25, 0.3) is 0 Å². The molecule has 0 aliphatic rings. The number of halogens is 3. The van der Waals surface area contributed by atoms with Crippen LogP contribution in [0.4, 0.5) is 19.1 Å². The van der Waals surface area contributed by atoms with Crippen LogP contribution in [0.3, 0.4) is 0 Å². The Morgan fingerprint density at radius 1 is 1.37 bits per heavy atom. The highest BCUT2D eigenvalue weighted by Gasteiger charge is 2.32. The summed E-state index contributed by atoms with van der Waals surface area (Å²) in [4.78, 5) is 11.1. The zero-order chi connectivity index (χ0) is 13.9. The van der Waals surface area contributed by atoms with E-state index in [9.17, 15) is 13.2 Å². The van der Waals surface area contributed by atoms with Crippen molar-refractivity contribution in [2.24, 2.45) is 0 Å². The van der Waals surface area contributed by atoms with Crippen molar-refractivity contribution in [2.75, 3.05) is 5.32 Å². The van der Waals surface area contributed by atoms with Crippen molar-refractivity contribution in [3.8, 4) is 0 Å². The molecule has 0 fully saturated rings. The predicted octanol–water partition coefficient (Wildman–Crippen LogP) is 2.19.